The summed E-state index contributed by atoms with van der Waals surface area (Å²) >= 11 is 13.3. The topological polar surface area (TPSA) is 65.2 Å². The molecule has 0 bridgehead atoms. The predicted octanol–water partition coefficient (Wildman–Crippen LogP) is 3.85. The van der Waals surface area contributed by atoms with Gasteiger partial charge in [0.25, 0.3) is 5.22 Å². The molecule has 0 fully saturated rings. The highest BCUT2D eigenvalue weighted by Gasteiger charge is 2.16. The number of carbonyl (C=O) groups is 1. The van der Waals surface area contributed by atoms with Crippen LogP contribution in [0.25, 0.3) is 0 Å². The highest BCUT2D eigenvalue weighted by Crippen LogP contribution is 2.30. The molecule has 0 atom stereocenters. The first-order valence-corrected chi connectivity index (χ1v) is 7.42. The lowest BCUT2D eigenvalue weighted by atomic mass is 10.2. The van der Waals surface area contributed by atoms with Gasteiger partial charge in [-0.15, -0.1) is 5.10 Å². The first kappa shape index (κ1) is 15.2. The van der Waals surface area contributed by atoms with Crippen LogP contribution in [0.2, 0.25) is 10.0 Å². The number of halogens is 2. The average molecular weight is 333 g/mol. The molecular weight excluding hydrogens is 323 g/mol. The van der Waals surface area contributed by atoms with Crippen molar-refractivity contribution in [3.8, 4) is 0 Å². The molecule has 0 aliphatic rings. The Kier molecular flexibility index (Phi) is 5.28. The molecule has 0 saturated carbocycles. The molecule has 8 heteroatoms. The number of aromatic nitrogens is 2. The summed E-state index contributed by atoms with van der Waals surface area (Å²) in [6, 6.07) is 5.27. The average Bonchev–Trinajstić information content (AvgIpc) is 2.87. The number of thioether (sulfide) groups is 1. The maximum Gasteiger partial charge on any atom is 0.396 e. The Morgan fingerprint density at radius 1 is 1.35 bits per heavy atom. The Morgan fingerprint density at radius 2 is 2.05 bits per heavy atom. The van der Waals surface area contributed by atoms with Gasteiger partial charge in [-0.3, -0.25) is 0 Å². The molecule has 0 spiro atoms. The lowest BCUT2D eigenvalue weighted by Crippen LogP contribution is -2.04. The lowest BCUT2D eigenvalue weighted by molar-refractivity contribution is 0.0475. The van der Waals surface area contributed by atoms with Crippen LogP contribution in [0.15, 0.2) is 27.8 Å². The minimum Gasteiger partial charge on any atom is -0.459 e. The summed E-state index contributed by atoms with van der Waals surface area (Å²) < 4.78 is 9.94. The van der Waals surface area contributed by atoms with Gasteiger partial charge >= 0.3 is 11.9 Å². The molecule has 2 aromatic rings. The van der Waals surface area contributed by atoms with E-state index in [4.69, 9.17) is 32.4 Å². The minimum atomic E-state index is -0.636. The van der Waals surface area contributed by atoms with Gasteiger partial charge in [0.05, 0.1) is 6.61 Å². The minimum absolute atomic E-state index is 0.167. The van der Waals surface area contributed by atoms with Gasteiger partial charge in [0.15, 0.2) is 0 Å². The standard InChI is InChI=1S/C12H10Cl2N2O3S/c1-2-18-11(17)10-15-16-12(19-10)20-6-7-8(13)4-3-5-9(7)14/h3-5H,2,6H2,1H3. The molecule has 0 unspecified atom stereocenters. The van der Waals surface area contributed by atoms with Gasteiger partial charge in [-0.2, -0.15) is 0 Å². The number of ether oxygens (including phenoxy) is 1. The van der Waals surface area contributed by atoms with E-state index in [1.165, 1.54) is 11.8 Å². The Balaban J connectivity index is 2.03. The normalized spacial score (nSPS) is 10.6. The monoisotopic (exact) mass is 332 g/mol. The number of hydrogen-bond acceptors (Lipinski definition) is 6. The third kappa shape index (κ3) is 3.65. The smallest absolute Gasteiger partial charge is 0.396 e. The molecule has 1 aromatic carbocycles. The van der Waals surface area contributed by atoms with Crippen molar-refractivity contribution < 1.29 is 13.9 Å². The van der Waals surface area contributed by atoms with E-state index < -0.39 is 5.97 Å². The summed E-state index contributed by atoms with van der Waals surface area (Å²) in [6.45, 7) is 1.95. The van der Waals surface area contributed by atoms with Gasteiger partial charge in [0, 0.05) is 15.8 Å². The maximum absolute atomic E-state index is 11.4. The van der Waals surface area contributed by atoms with E-state index in [1.807, 2.05) is 0 Å². The fourth-order valence-corrected chi connectivity index (χ4v) is 2.85. The molecule has 2 rings (SSSR count). The Morgan fingerprint density at radius 3 is 2.70 bits per heavy atom. The quantitative estimate of drug-likeness (QED) is 0.612. The van der Waals surface area contributed by atoms with Crippen molar-refractivity contribution in [3.63, 3.8) is 0 Å². The summed E-state index contributed by atoms with van der Waals surface area (Å²) in [5.74, 6) is -0.342. The van der Waals surface area contributed by atoms with E-state index in [1.54, 1.807) is 25.1 Å². The summed E-state index contributed by atoms with van der Waals surface area (Å²) in [5.41, 5.74) is 0.775. The number of hydrogen-bond donors (Lipinski definition) is 0. The molecule has 0 radical (unpaired) electrons. The van der Waals surface area contributed by atoms with Crippen LogP contribution in [-0.4, -0.2) is 22.8 Å². The maximum atomic E-state index is 11.4. The third-order valence-electron chi connectivity index (χ3n) is 2.26. The first-order valence-electron chi connectivity index (χ1n) is 5.68. The van der Waals surface area contributed by atoms with Crippen LogP contribution in [-0.2, 0) is 10.5 Å². The van der Waals surface area contributed by atoms with Crippen LogP contribution in [0.1, 0.15) is 23.2 Å². The lowest BCUT2D eigenvalue weighted by Gasteiger charge is -2.04. The van der Waals surface area contributed by atoms with Gasteiger partial charge < -0.3 is 9.15 Å². The summed E-state index contributed by atoms with van der Waals surface area (Å²) in [4.78, 5) is 11.4. The van der Waals surface area contributed by atoms with Crippen molar-refractivity contribution in [2.75, 3.05) is 6.61 Å². The second-order valence-corrected chi connectivity index (χ2v) is 5.32. The van der Waals surface area contributed by atoms with Gasteiger partial charge in [-0.1, -0.05) is 46.1 Å². The second kappa shape index (κ2) is 6.97. The van der Waals surface area contributed by atoms with Gasteiger partial charge in [0.2, 0.25) is 0 Å². The predicted molar refractivity (Wildman–Crippen MR) is 76.3 cm³/mol. The molecule has 0 amide bonds. The highest BCUT2D eigenvalue weighted by molar-refractivity contribution is 7.98. The van der Waals surface area contributed by atoms with Crippen LogP contribution in [0.5, 0.6) is 0 Å². The third-order valence-corrected chi connectivity index (χ3v) is 3.81. The van der Waals surface area contributed by atoms with Crippen LogP contribution < -0.4 is 0 Å². The van der Waals surface area contributed by atoms with Gasteiger partial charge in [-0.05, 0) is 24.6 Å². The van der Waals surface area contributed by atoms with E-state index in [2.05, 4.69) is 10.2 Å². The number of benzene rings is 1. The van der Waals surface area contributed by atoms with E-state index in [0.717, 1.165) is 5.56 Å². The van der Waals surface area contributed by atoms with Crippen molar-refractivity contribution in [2.24, 2.45) is 0 Å². The molecule has 20 heavy (non-hydrogen) atoms. The van der Waals surface area contributed by atoms with Crippen LogP contribution >= 0.6 is 35.0 Å². The first-order chi connectivity index (χ1) is 9.61. The van der Waals surface area contributed by atoms with Crippen LogP contribution in [0.4, 0.5) is 0 Å². The zero-order chi connectivity index (χ0) is 14.5. The number of carbonyl (C=O) groups excluding carboxylic acids is 1. The molecule has 1 heterocycles. The van der Waals surface area contributed by atoms with Crippen LogP contribution in [0, 0.1) is 0 Å². The summed E-state index contributed by atoms with van der Waals surface area (Å²) in [5, 5.41) is 8.75. The summed E-state index contributed by atoms with van der Waals surface area (Å²) in [7, 11) is 0. The molecule has 0 aliphatic carbocycles. The fourth-order valence-electron chi connectivity index (χ4n) is 1.35. The van der Waals surface area contributed by atoms with E-state index >= 15 is 0 Å². The largest absolute Gasteiger partial charge is 0.459 e. The van der Waals surface area contributed by atoms with E-state index in [0.29, 0.717) is 15.8 Å². The molecule has 0 saturated heterocycles. The van der Waals surface area contributed by atoms with Crippen molar-refractivity contribution >= 4 is 40.9 Å². The number of nitrogens with zero attached hydrogens (tertiary/aromatic N) is 2. The number of esters is 1. The number of rotatable bonds is 5. The Labute approximate surface area is 129 Å². The zero-order valence-corrected chi connectivity index (χ0v) is 12.8. The van der Waals surface area contributed by atoms with E-state index in [9.17, 15) is 4.79 Å². The zero-order valence-electron chi connectivity index (χ0n) is 10.4. The molecule has 5 nitrogen and oxygen atoms in total. The molecule has 106 valence electrons. The van der Waals surface area contributed by atoms with Crippen molar-refractivity contribution in [3.05, 3.63) is 39.7 Å². The van der Waals surface area contributed by atoms with Crippen molar-refractivity contribution in [1.82, 2.24) is 10.2 Å². The Hall–Kier alpha value is -1.24. The fraction of sp³-hybridized carbons (Fsp3) is 0.250. The highest BCUT2D eigenvalue weighted by atomic mass is 35.5. The summed E-state index contributed by atoms with van der Waals surface area (Å²) in [6.07, 6.45) is 0. The van der Waals surface area contributed by atoms with Crippen molar-refractivity contribution in [2.45, 2.75) is 17.9 Å². The van der Waals surface area contributed by atoms with E-state index in [-0.39, 0.29) is 17.7 Å². The SMILES string of the molecule is CCOC(=O)c1nnc(SCc2c(Cl)cccc2Cl)o1. The van der Waals surface area contributed by atoms with Gasteiger partial charge in [-0.25, -0.2) is 4.79 Å². The van der Waals surface area contributed by atoms with Crippen LogP contribution in [0.3, 0.4) is 0 Å². The molecule has 0 aliphatic heterocycles. The molecular formula is C12H10Cl2N2O3S. The Bertz CT molecular complexity index is 598. The second-order valence-electron chi connectivity index (χ2n) is 3.58. The van der Waals surface area contributed by atoms with Crippen molar-refractivity contribution in [1.29, 1.82) is 0 Å². The molecule has 1 aromatic heterocycles. The van der Waals surface area contributed by atoms with Gasteiger partial charge in [0.1, 0.15) is 0 Å². The molecule has 0 N–H and O–H groups in total.